The molecule has 154 valence electrons. The topological polar surface area (TPSA) is 12.9 Å². The van der Waals surface area contributed by atoms with Crippen LogP contribution in [0.15, 0.2) is 115 Å². The van der Waals surface area contributed by atoms with E-state index in [-0.39, 0.29) is 0 Å². The van der Waals surface area contributed by atoms with Gasteiger partial charge in [-0.3, -0.25) is 4.98 Å². The van der Waals surface area contributed by atoms with Gasteiger partial charge in [0.1, 0.15) is 0 Å². The normalized spacial score (nSPS) is 12.3. The SMILES string of the molecule is Cc1cccnc1P(c1ccccc1)c1ccccc1C=Cc1ccc2ccccc2c1. The molecule has 1 aromatic heterocycles. The summed E-state index contributed by atoms with van der Waals surface area (Å²) in [4.78, 5) is 4.83. The van der Waals surface area contributed by atoms with E-state index in [4.69, 9.17) is 4.98 Å². The van der Waals surface area contributed by atoms with Gasteiger partial charge in [-0.15, -0.1) is 0 Å². The zero-order chi connectivity index (χ0) is 21.8. The van der Waals surface area contributed by atoms with E-state index in [2.05, 4.69) is 122 Å². The number of nitrogens with zero attached hydrogens (tertiary/aromatic N) is 1. The summed E-state index contributed by atoms with van der Waals surface area (Å²) in [6, 6.07) is 38.8. The van der Waals surface area contributed by atoms with Gasteiger partial charge in [-0.25, -0.2) is 0 Å². The van der Waals surface area contributed by atoms with E-state index in [1.807, 2.05) is 12.3 Å². The molecule has 0 aliphatic heterocycles. The highest BCUT2D eigenvalue weighted by molar-refractivity contribution is 7.79. The summed E-state index contributed by atoms with van der Waals surface area (Å²) < 4.78 is 0. The molecule has 1 nitrogen and oxygen atoms in total. The Balaban J connectivity index is 1.60. The lowest BCUT2D eigenvalue weighted by atomic mass is 10.1. The summed E-state index contributed by atoms with van der Waals surface area (Å²) in [5, 5.41) is 5.17. The number of aryl methyl sites for hydroxylation is 1. The highest BCUT2D eigenvalue weighted by atomic mass is 31.1. The lowest BCUT2D eigenvalue weighted by Crippen LogP contribution is -2.25. The van der Waals surface area contributed by atoms with Crippen LogP contribution in [-0.4, -0.2) is 4.98 Å². The molecular formula is C30H24NP. The van der Waals surface area contributed by atoms with Crippen LogP contribution in [0.25, 0.3) is 22.9 Å². The first-order valence-electron chi connectivity index (χ1n) is 10.8. The molecule has 1 unspecified atom stereocenters. The third kappa shape index (κ3) is 4.26. The Morgan fingerprint density at radius 3 is 2.25 bits per heavy atom. The first-order valence-corrected chi connectivity index (χ1v) is 12.2. The van der Waals surface area contributed by atoms with Gasteiger partial charge in [0.05, 0.1) is 5.44 Å². The number of fused-ring (bicyclic) bond motifs is 1. The third-order valence-corrected chi connectivity index (χ3v) is 8.21. The Hall–Kier alpha value is -3.54. The Labute approximate surface area is 190 Å². The maximum atomic E-state index is 4.83. The predicted molar refractivity (Wildman–Crippen MR) is 141 cm³/mol. The number of rotatable bonds is 5. The Morgan fingerprint density at radius 2 is 1.41 bits per heavy atom. The molecule has 0 spiro atoms. The largest absolute Gasteiger partial charge is 0.256 e. The van der Waals surface area contributed by atoms with Crippen molar-refractivity contribution >= 4 is 46.9 Å². The fourth-order valence-corrected chi connectivity index (χ4v) is 6.47. The van der Waals surface area contributed by atoms with Crippen LogP contribution in [0, 0.1) is 6.92 Å². The van der Waals surface area contributed by atoms with Gasteiger partial charge in [-0.1, -0.05) is 109 Å². The van der Waals surface area contributed by atoms with Crippen LogP contribution in [-0.2, 0) is 0 Å². The van der Waals surface area contributed by atoms with Crippen molar-refractivity contribution in [3.63, 3.8) is 0 Å². The quantitative estimate of drug-likeness (QED) is 0.230. The van der Waals surface area contributed by atoms with E-state index >= 15 is 0 Å². The van der Waals surface area contributed by atoms with Gasteiger partial charge >= 0.3 is 0 Å². The monoisotopic (exact) mass is 429 g/mol. The second-order valence-electron chi connectivity index (χ2n) is 7.81. The van der Waals surface area contributed by atoms with Gasteiger partial charge in [0.25, 0.3) is 0 Å². The molecule has 0 radical (unpaired) electrons. The minimum Gasteiger partial charge on any atom is -0.256 e. The lowest BCUT2D eigenvalue weighted by molar-refractivity contribution is 1.33. The molecule has 0 saturated carbocycles. The summed E-state index contributed by atoms with van der Waals surface area (Å²) in [6.45, 7) is 2.16. The molecule has 0 aliphatic carbocycles. The standard InChI is InChI=1S/C30H24NP/c1-23-10-9-21-31-30(23)32(28-14-3-2-4-15-28)29-16-8-7-12-26(29)20-18-24-17-19-25-11-5-6-13-27(25)22-24/h2-22H,1H3. The van der Waals surface area contributed by atoms with Gasteiger partial charge < -0.3 is 0 Å². The molecule has 1 heterocycles. The Kier molecular flexibility index (Phi) is 5.92. The van der Waals surface area contributed by atoms with Gasteiger partial charge in [0.2, 0.25) is 0 Å². The lowest BCUT2D eigenvalue weighted by Gasteiger charge is -2.21. The average Bonchev–Trinajstić information content (AvgIpc) is 2.85. The molecule has 32 heavy (non-hydrogen) atoms. The molecule has 0 N–H and O–H groups in total. The number of pyridine rings is 1. The van der Waals surface area contributed by atoms with Gasteiger partial charge in [-0.2, -0.15) is 0 Å². The van der Waals surface area contributed by atoms with Crippen LogP contribution >= 0.6 is 7.92 Å². The molecular weight excluding hydrogens is 405 g/mol. The molecule has 0 bridgehead atoms. The zero-order valence-corrected chi connectivity index (χ0v) is 18.9. The molecule has 0 aliphatic rings. The highest BCUT2D eigenvalue weighted by Crippen LogP contribution is 2.34. The van der Waals surface area contributed by atoms with Crippen LogP contribution in [0.2, 0.25) is 0 Å². The summed E-state index contributed by atoms with van der Waals surface area (Å²) >= 11 is 0. The average molecular weight is 430 g/mol. The van der Waals surface area contributed by atoms with Crippen molar-refractivity contribution in [3.05, 3.63) is 132 Å². The van der Waals surface area contributed by atoms with Crippen molar-refractivity contribution in [2.45, 2.75) is 6.92 Å². The molecule has 0 saturated heterocycles. The molecule has 1 atom stereocenters. The van der Waals surface area contributed by atoms with Crippen LogP contribution in [0.1, 0.15) is 16.7 Å². The zero-order valence-electron chi connectivity index (χ0n) is 18.0. The van der Waals surface area contributed by atoms with Crippen molar-refractivity contribution in [2.24, 2.45) is 0 Å². The van der Waals surface area contributed by atoms with Crippen molar-refractivity contribution in [1.29, 1.82) is 0 Å². The minimum absolute atomic E-state index is 0.759. The minimum atomic E-state index is -0.759. The second kappa shape index (κ2) is 9.30. The summed E-state index contributed by atoms with van der Waals surface area (Å²) in [6.07, 6.45) is 6.37. The van der Waals surface area contributed by atoms with Crippen molar-refractivity contribution in [3.8, 4) is 0 Å². The van der Waals surface area contributed by atoms with E-state index in [1.165, 1.54) is 43.5 Å². The fraction of sp³-hybridized carbons (Fsp3) is 0.0333. The van der Waals surface area contributed by atoms with E-state index < -0.39 is 7.92 Å². The van der Waals surface area contributed by atoms with Gasteiger partial charge in [0.15, 0.2) is 0 Å². The first kappa shape index (κ1) is 20.4. The molecule has 0 amide bonds. The predicted octanol–water partition coefficient (Wildman–Crippen LogP) is 6.47. The summed E-state index contributed by atoms with van der Waals surface area (Å²) in [7, 11) is -0.759. The van der Waals surface area contributed by atoms with Crippen LogP contribution in [0.3, 0.4) is 0 Å². The van der Waals surface area contributed by atoms with Crippen LogP contribution in [0.5, 0.6) is 0 Å². The van der Waals surface area contributed by atoms with E-state index in [0.29, 0.717) is 0 Å². The molecule has 0 fully saturated rings. The summed E-state index contributed by atoms with van der Waals surface area (Å²) in [5.74, 6) is 0. The Bertz CT molecular complexity index is 1390. The second-order valence-corrected chi connectivity index (χ2v) is 9.91. The maximum absolute atomic E-state index is 4.83. The number of hydrogen-bond donors (Lipinski definition) is 0. The molecule has 4 aromatic carbocycles. The fourth-order valence-electron chi connectivity index (χ4n) is 3.99. The van der Waals surface area contributed by atoms with E-state index in [9.17, 15) is 0 Å². The number of aromatic nitrogens is 1. The maximum Gasteiger partial charge on any atom is 0.0750 e. The van der Waals surface area contributed by atoms with E-state index in [1.54, 1.807) is 0 Å². The van der Waals surface area contributed by atoms with Gasteiger partial charge in [0, 0.05) is 14.1 Å². The van der Waals surface area contributed by atoms with Gasteiger partial charge in [-0.05, 0) is 57.1 Å². The van der Waals surface area contributed by atoms with Crippen molar-refractivity contribution in [1.82, 2.24) is 4.98 Å². The molecule has 5 aromatic rings. The Morgan fingerprint density at radius 1 is 0.656 bits per heavy atom. The molecule has 5 rings (SSSR count). The summed E-state index contributed by atoms with van der Waals surface area (Å²) in [5.41, 5.74) is 4.84. The van der Waals surface area contributed by atoms with Crippen LogP contribution < -0.4 is 16.0 Å². The third-order valence-electron chi connectivity index (χ3n) is 5.61. The number of benzene rings is 4. The first-order chi connectivity index (χ1) is 15.8. The van der Waals surface area contributed by atoms with Crippen molar-refractivity contribution < 1.29 is 0 Å². The number of hydrogen-bond acceptors (Lipinski definition) is 1. The van der Waals surface area contributed by atoms with Crippen LogP contribution in [0.4, 0.5) is 0 Å². The smallest absolute Gasteiger partial charge is 0.0750 e. The van der Waals surface area contributed by atoms with Crippen molar-refractivity contribution in [2.75, 3.05) is 0 Å². The molecule has 2 heteroatoms. The highest BCUT2D eigenvalue weighted by Gasteiger charge is 2.21. The van der Waals surface area contributed by atoms with E-state index in [0.717, 1.165) is 0 Å².